The fraction of sp³-hybridized carbons (Fsp3) is 0.0769. The van der Waals surface area contributed by atoms with E-state index < -0.39 is 0 Å². The summed E-state index contributed by atoms with van der Waals surface area (Å²) in [5, 5.41) is 0. The van der Waals surface area contributed by atoms with Gasteiger partial charge >= 0.3 is 0 Å². The maximum Gasteiger partial charge on any atom is 0.183 e. The average molecular weight is 259 g/mol. The van der Waals surface area contributed by atoms with Crippen LogP contribution >= 0.6 is 12.2 Å². The number of nitrogens with one attached hydrogen (secondary N) is 1. The molecule has 0 aliphatic carbocycles. The smallest absolute Gasteiger partial charge is 0.183 e. The highest BCUT2D eigenvalue weighted by Crippen LogP contribution is 2.19. The molecule has 0 atom stereocenters. The summed E-state index contributed by atoms with van der Waals surface area (Å²) in [6, 6.07) is 8.74. The molecule has 0 aliphatic rings. The fourth-order valence-electron chi connectivity index (χ4n) is 1.90. The predicted octanol–water partition coefficient (Wildman–Crippen LogP) is 3.53. The number of aromatic amines is 1. The van der Waals surface area contributed by atoms with Gasteiger partial charge in [-0.25, -0.2) is 9.37 Å². The molecule has 0 fully saturated rings. The van der Waals surface area contributed by atoms with E-state index in [4.69, 9.17) is 12.2 Å². The molecule has 0 radical (unpaired) electrons. The Labute approximate surface area is 108 Å². The standard InChI is InChI=1S/C13H10FN3S/c1-8-4-5-9(7-10(8)14)17-12-11(16-13(17)18)3-2-6-15-12/h2-7H,1H3,(H,16,18). The molecule has 0 aliphatic heterocycles. The first-order valence-electron chi connectivity index (χ1n) is 5.49. The Hall–Kier alpha value is -2.01. The molecule has 0 spiro atoms. The molecule has 2 heterocycles. The van der Waals surface area contributed by atoms with E-state index in [1.54, 1.807) is 23.8 Å². The van der Waals surface area contributed by atoms with E-state index in [9.17, 15) is 4.39 Å². The molecule has 5 heteroatoms. The van der Waals surface area contributed by atoms with Gasteiger partial charge in [-0.05, 0) is 49.0 Å². The fourth-order valence-corrected chi connectivity index (χ4v) is 2.20. The number of hydrogen-bond donors (Lipinski definition) is 1. The highest BCUT2D eigenvalue weighted by molar-refractivity contribution is 7.71. The van der Waals surface area contributed by atoms with Crippen molar-refractivity contribution in [3.05, 3.63) is 52.7 Å². The van der Waals surface area contributed by atoms with Crippen LogP contribution in [0, 0.1) is 17.5 Å². The monoisotopic (exact) mass is 259 g/mol. The number of pyridine rings is 1. The zero-order valence-electron chi connectivity index (χ0n) is 9.64. The molecular formula is C13H10FN3S. The van der Waals surface area contributed by atoms with Crippen molar-refractivity contribution in [1.29, 1.82) is 0 Å². The minimum absolute atomic E-state index is 0.250. The molecule has 1 aromatic carbocycles. The number of H-pyrrole nitrogens is 1. The lowest BCUT2D eigenvalue weighted by Crippen LogP contribution is -1.97. The lowest BCUT2D eigenvalue weighted by molar-refractivity contribution is 0.617. The number of imidazole rings is 1. The normalized spacial score (nSPS) is 11.0. The van der Waals surface area contributed by atoms with Gasteiger partial charge in [0.05, 0.1) is 11.2 Å². The van der Waals surface area contributed by atoms with Gasteiger partial charge in [0.25, 0.3) is 0 Å². The summed E-state index contributed by atoms with van der Waals surface area (Å²) in [5.41, 5.74) is 2.82. The minimum atomic E-state index is -0.250. The van der Waals surface area contributed by atoms with Crippen molar-refractivity contribution in [2.75, 3.05) is 0 Å². The van der Waals surface area contributed by atoms with E-state index >= 15 is 0 Å². The first kappa shape index (κ1) is 11.1. The Morgan fingerprint density at radius 2 is 2.17 bits per heavy atom. The van der Waals surface area contributed by atoms with Crippen molar-refractivity contribution in [1.82, 2.24) is 14.5 Å². The number of hydrogen-bond acceptors (Lipinski definition) is 2. The molecule has 0 amide bonds. The molecule has 1 N–H and O–H groups in total. The number of nitrogens with zero attached hydrogens (tertiary/aromatic N) is 2. The molecule has 0 saturated heterocycles. The highest BCUT2D eigenvalue weighted by Gasteiger charge is 2.08. The summed E-state index contributed by atoms with van der Waals surface area (Å²) in [6.45, 7) is 1.73. The summed E-state index contributed by atoms with van der Waals surface area (Å²) in [4.78, 5) is 7.33. The molecule has 18 heavy (non-hydrogen) atoms. The van der Waals surface area contributed by atoms with Gasteiger partial charge in [-0.15, -0.1) is 0 Å². The highest BCUT2D eigenvalue weighted by atomic mass is 32.1. The third kappa shape index (κ3) is 1.64. The molecule has 0 saturated carbocycles. The molecule has 90 valence electrons. The van der Waals surface area contributed by atoms with Crippen molar-refractivity contribution in [2.45, 2.75) is 6.92 Å². The second kappa shape index (κ2) is 4.03. The van der Waals surface area contributed by atoms with Gasteiger partial charge < -0.3 is 4.98 Å². The number of benzene rings is 1. The number of aromatic nitrogens is 3. The summed E-state index contributed by atoms with van der Waals surface area (Å²) in [7, 11) is 0. The molecule has 2 aromatic heterocycles. The number of aryl methyl sites for hydroxylation is 1. The number of halogens is 1. The maximum absolute atomic E-state index is 13.6. The first-order chi connectivity index (χ1) is 8.66. The van der Waals surface area contributed by atoms with Gasteiger partial charge in [-0.2, -0.15) is 0 Å². The van der Waals surface area contributed by atoms with Crippen molar-refractivity contribution in [3.8, 4) is 5.69 Å². The molecule has 3 nitrogen and oxygen atoms in total. The molecular weight excluding hydrogens is 249 g/mol. The lowest BCUT2D eigenvalue weighted by Gasteiger charge is -2.05. The zero-order chi connectivity index (χ0) is 12.7. The van der Waals surface area contributed by atoms with Crippen molar-refractivity contribution in [3.63, 3.8) is 0 Å². The third-order valence-electron chi connectivity index (χ3n) is 2.86. The van der Waals surface area contributed by atoms with Gasteiger partial charge in [0.2, 0.25) is 0 Å². The van der Waals surface area contributed by atoms with Crippen molar-refractivity contribution < 1.29 is 4.39 Å². The Balaban J connectivity index is 2.34. The van der Waals surface area contributed by atoms with Gasteiger partial charge in [-0.1, -0.05) is 6.07 Å². The molecule has 0 unspecified atom stereocenters. The SMILES string of the molecule is Cc1ccc(-n2c(=S)[nH]c3cccnc32)cc1F. The number of rotatable bonds is 1. The first-order valence-corrected chi connectivity index (χ1v) is 5.90. The van der Waals surface area contributed by atoms with Crippen LogP contribution in [0.4, 0.5) is 4.39 Å². The van der Waals surface area contributed by atoms with E-state index in [-0.39, 0.29) is 5.82 Å². The Kier molecular flexibility index (Phi) is 2.48. The van der Waals surface area contributed by atoms with Crippen molar-refractivity contribution >= 4 is 23.4 Å². The van der Waals surface area contributed by atoms with E-state index in [0.717, 1.165) is 5.52 Å². The van der Waals surface area contributed by atoms with Crippen LogP contribution in [-0.4, -0.2) is 14.5 Å². The topological polar surface area (TPSA) is 33.6 Å². The van der Waals surface area contributed by atoms with Crippen LogP contribution in [0.15, 0.2) is 36.5 Å². The van der Waals surface area contributed by atoms with Crippen LogP contribution in [0.5, 0.6) is 0 Å². The number of fused-ring (bicyclic) bond motifs is 1. The summed E-state index contributed by atoms with van der Waals surface area (Å²) in [5.74, 6) is -0.250. The predicted molar refractivity (Wildman–Crippen MR) is 70.9 cm³/mol. The summed E-state index contributed by atoms with van der Waals surface area (Å²) in [6.07, 6.45) is 1.69. The molecule has 0 bridgehead atoms. The van der Waals surface area contributed by atoms with Crippen LogP contribution in [0.2, 0.25) is 0 Å². The minimum Gasteiger partial charge on any atom is -0.329 e. The van der Waals surface area contributed by atoms with Gasteiger partial charge in [0.1, 0.15) is 5.82 Å². The Morgan fingerprint density at radius 1 is 1.33 bits per heavy atom. The van der Waals surface area contributed by atoms with Crippen LogP contribution in [0.1, 0.15) is 5.56 Å². The Bertz CT molecular complexity index is 788. The quantitative estimate of drug-likeness (QED) is 0.678. The average Bonchev–Trinajstić information content (AvgIpc) is 2.69. The lowest BCUT2D eigenvalue weighted by atomic mass is 10.2. The van der Waals surface area contributed by atoms with Crippen LogP contribution < -0.4 is 0 Å². The van der Waals surface area contributed by atoms with Gasteiger partial charge in [0, 0.05) is 6.20 Å². The molecule has 3 aromatic rings. The van der Waals surface area contributed by atoms with Crippen LogP contribution in [0.3, 0.4) is 0 Å². The van der Waals surface area contributed by atoms with Gasteiger partial charge in [-0.3, -0.25) is 4.57 Å². The zero-order valence-corrected chi connectivity index (χ0v) is 10.5. The second-order valence-corrected chi connectivity index (χ2v) is 4.46. The van der Waals surface area contributed by atoms with Crippen LogP contribution in [0.25, 0.3) is 16.9 Å². The molecule has 3 rings (SSSR count). The second-order valence-electron chi connectivity index (χ2n) is 4.07. The summed E-state index contributed by atoms with van der Waals surface area (Å²) >= 11 is 5.26. The van der Waals surface area contributed by atoms with Crippen molar-refractivity contribution in [2.24, 2.45) is 0 Å². The maximum atomic E-state index is 13.6. The third-order valence-corrected chi connectivity index (χ3v) is 3.14. The van der Waals surface area contributed by atoms with E-state index in [1.165, 1.54) is 6.07 Å². The van der Waals surface area contributed by atoms with E-state index in [0.29, 0.717) is 21.7 Å². The van der Waals surface area contributed by atoms with Gasteiger partial charge in [0.15, 0.2) is 10.4 Å². The van der Waals surface area contributed by atoms with E-state index in [2.05, 4.69) is 9.97 Å². The Morgan fingerprint density at radius 3 is 2.94 bits per heavy atom. The van der Waals surface area contributed by atoms with Crippen LogP contribution in [-0.2, 0) is 0 Å². The van der Waals surface area contributed by atoms with E-state index in [1.807, 2.05) is 18.2 Å². The summed E-state index contributed by atoms with van der Waals surface area (Å²) < 4.78 is 15.9. The largest absolute Gasteiger partial charge is 0.329 e.